The average Bonchev–Trinajstić information content (AvgIpc) is 2.85. The van der Waals surface area contributed by atoms with Crippen molar-refractivity contribution < 1.29 is 14.4 Å². The van der Waals surface area contributed by atoms with E-state index in [4.69, 9.17) is 0 Å². The van der Waals surface area contributed by atoms with E-state index in [-0.39, 0.29) is 18.9 Å². The van der Waals surface area contributed by atoms with Gasteiger partial charge in [0.1, 0.15) is 0 Å². The molecule has 0 radical (unpaired) electrons. The van der Waals surface area contributed by atoms with Crippen molar-refractivity contribution in [3.63, 3.8) is 0 Å². The standard InChI is InChI=1S/C12H10N4O3/c17-7-8-5-9(6-16-10(8)1-3-13-16)15-4-2-11(18)14-12(15)19/h1,3,5-7H,2,4H2,(H,14,18,19). The maximum absolute atomic E-state index is 11.8. The number of imide groups is 1. The molecule has 0 aliphatic carbocycles. The van der Waals surface area contributed by atoms with Crippen molar-refractivity contribution in [3.05, 3.63) is 30.1 Å². The molecular weight excluding hydrogens is 248 g/mol. The first kappa shape index (κ1) is 11.4. The van der Waals surface area contributed by atoms with Crippen molar-refractivity contribution in [1.29, 1.82) is 0 Å². The number of aromatic nitrogens is 2. The minimum atomic E-state index is -0.486. The van der Waals surface area contributed by atoms with Crippen molar-refractivity contribution in [2.75, 3.05) is 11.4 Å². The molecule has 96 valence electrons. The van der Waals surface area contributed by atoms with E-state index in [0.717, 1.165) is 0 Å². The summed E-state index contributed by atoms with van der Waals surface area (Å²) in [5.74, 6) is -0.294. The van der Waals surface area contributed by atoms with Gasteiger partial charge in [-0.15, -0.1) is 0 Å². The molecule has 2 aromatic rings. The van der Waals surface area contributed by atoms with Gasteiger partial charge in [-0.3, -0.25) is 19.8 Å². The van der Waals surface area contributed by atoms with Crippen LogP contribution in [0.3, 0.4) is 0 Å². The topological polar surface area (TPSA) is 83.8 Å². The summed E-state index contributed by atoms with van der Waals surface area (Å²) in [6, 6.07) is 2.84. The highest BCUT2D eigenvalue weighted by molar-refractivity contribution is 6.06. The largest absolute Gasteiger partial charge is 0.328 e. The van der Waals surface area contributed by atoms with E-state index in [1.807, 2.05) is 0 Å². The number of carbonyl (C=O) groups is 3. The molecule has 0 spiro atoms. The molecule has 0 unspecified atom stereocenters. The Labute approximate surface area is 107 Å². The third kappa shape index (κ3) is 1.85. The highest BCUT2D eigenvalue weighted by Crippen LogP contribution is 2.21. The van der Waals surface area contributed by atoms with E-state index in [1.54, 1.807) is 24.5 Å². The van der Waals surface area contributed by atoms with Gasteiger partial charge in [-0.25, -0.2) is 9.31 Å². The van der Waals surface area contributed by atoms with E-state index in [0.29, 0.717) is 23.1 Å². The van der Waals surface area contributed by atoms with Gasteiger partial charge in [0.2, 0.25) is 5.91 Å². The lowest BCUT2D eigenvalue weighted by Crippen LogP contribution is -2.49. The molecule has 3 rings (SSSR count). The monoisotopic (exact) mass is 258 g/mol. The number of urea groups is 1. The van der Waals surface area contributed by atoms with Crippen LogP contribution < -0.4 is 10.2 Å². The summed E-state index contributed by atoms with van der Waals surface area (Å²) in [6.07, 6.45) is 4.18. The average molecular weight is 258 g/mol. The lowest BCUT2D eigenvalue weighted by molar-refractivity contribution is -0.120. The lowest BCUT2D eigenvalue weighted by atomic mass is 10.2. The van der Waals surface area contributed by atoms with Crippen molar-refractivity contribution in [2.45, 2.75) is 6.42 Å². The molecule has 1 aliphatic rings. The molecule has 7 heteroatoms. The van der Waals surface area contributed by atoms with Crippen LogP contribution >= 0.6 is 0 Å². The minimum Gasteiger partial charge on any atom is -0.298 e. The Balaban J connectivity index is 2.07. The number of hydrogen-bond acceptors (Lipinski definition) is 4. The van der Waals surface area contributed by atoms with Crippen LogP contribution in [0.25, 0.3) is 5.52 Å². The van der Waals surface area contributed by atoms with Gasteiger partial charge in [0.05, 0.1) is 23.6 Å². The first-order valence-corrected chi connectivity index (χ1v) is 5.73. The highest BCUT2D eigenvalue weighted by atomic mass is 16.2. The van der Waals surface area contributed by atoms with Crippen LogP contribution in [-0.4, -0.2) is 34.4 Å². The fourth-order valence-electron chi connectivity index (χ4n) is 2.09. The number of aldehydes is 1. The van der Waals surface area contributed by atoms with Gasteiger partial charge >= 0.3 is 6.03 Å². The van der Waals surface area contributed by atoms with E-state index >= 15 is 0 Å². The molecule has 3 amide bonds. The fraction of sp³-hybridized carbons (Fsp3) is 0.167. The minimum absolute atomic E-state index is 0.235. The number of amides is 3. The molecule has 7 nitrogen and oxygen atoms in total. The van der Waals surface area contributed by atoms with Crippen molar-refractivity contribution in [1.82, 2.24) is 14.9 Å². The van der Waals surface area contributed by atoms with Crippen molar-refractivity contribution >= 4 is 29.4 Å². The quantitative estimate of drug-likeness (QED) is 0.799. The Morgan fingerprint density at radius 3 is 2.95 bits per heavy atom. The van der Waals surface area contributed by atoms with Gasteiger partial charge in [-0.05, 0) is 12.1 Å². The number of nitrogens with one attached hydrogen (secondary N) is 1. The molecule has 0 atom stereocenters. The first-order chi connectivity index (χ1) is 9.19. The van der Waals surface area contributed by atoms with Crippen LogP contribution in [0.2, 0.25) is 0 Å². The SMILES string of the molecule is O=Cc1cc(N2CCC(=O)NC2=O)cn2nccc12. The second-order valence-corrected chi connectivity index (χ2v) is 4.19. The Hall–Kier alpha value is -2.70. The molecule has 0 aromatic carbocycles. The van der Waals surface area contributed by atoms with Crippen LogP contribution in [-0.2, 0) is 4.79 Å². The third-order valence-electron chi connectivity index (χ3n) is 3.02. The summed E-state index contributed by atoms with van der Waals surface area (Å²) in [5.41, 5.74) is 1.65. The highest BCUT2D eigenvalue weighted by Gasteiger charge is 2.25. The maximum Gasteiger partial charge on any atom is 0.328 e. The molecule has 0 bridgehead atoms. The second-order valence-electron chi connectivity index (χ2n) is 4.19. The molecule has 0 saturated carbocycles. The molecule has 3 heterocycles. The summed E-state index contributed by atoms with van der Waals surface area (Å²) < 4.78 is 1.53. The summed E-state index contributed by atoms with van der Waals surface area (Å²) in [5, 5.41) is 6.29. The molecule has 19 heavy (non-hydrogen) atoms. The van der Waals surface area contributed by atoms with Gasteiger partial charge in [0.25, 0.3) is 0 Å². The number of pyridine rings is 1. The number of hydrogen-bond donors (Lipinski definition) is 1. The zero-order chi connectivity index (χ0) is 13.4. The van der Waals surface area contributed by atoms with Crippen LogP contribution in [0.1, 0.15) is 16.8 Å². The smallest absolute Gasteiger partial charge is 0.298 e. The van der Waals surface area contributed by atoms with Gasteiger partial charge in [0.15, 0.2) is 6.29 Å². The van der Waals surface area contributed by atoms with Crippen LogP contribution in [0.15, 0.2) is 24.5 Å². The van der Waals surface area contributed by atoms with Crippen LogP contribution in [0.4, 0.5) is 10.5 Å². The summed E-state index contributed by atoms with van der Waals surface area (Å²) >= 11 is 0. The Morgan fingerprint density at radius 2 is 2.21 bits per heavy atom. The first-order valence-electron chi connectivity index (χ1n) is 5.73. The third-order valence-corrected chi connectivity index (χ3v) is 3.02. The Morgan fingerprint density at radius 1 is 1.37 bits per heavy atom. The lowest BCUT2D eigenvalue weighted by Gasteiger charge is -2.26. The summed E-state index contributed by atoms with van der Waals surface area (Å²) in [4.78, 5) is 35.4. The van der Waals surface area contributed by atoms with Crippen LogP contribution in [0, 0.1) is 0 Å². The van der Waals surface area contributed by atoms with Crippen molar-refractivity contribution in [2.24, 2.45) is 0 Å². The van der Waals surface area contributed by atoms with Gasteiger partial charge < -0.3 is 0 Å². The predicted molar refractivity (Wildman–Crippen MR) is 66.1 cm³/mol. The fourth-order valence-corrected chi connectivity index (χ4v) is 2.09. The van der Waals surface area contributed by atoms with Gasteiger partial charge in [-0.2, -0.15) is 5.10 Å². The number of anilines is 1. The van der Waals surface area contributed by atoms with E-state index in [2.05, 4.69) is 10.4 Å². The van der Waals surface area contributed by atoms with Gasteiger partial charge in [-0.1, -0.05) is 0 Å². The molecule has 1 fully saturated rings. The molecule has 1 N–H and O–H groups in total. The zero-order valence-corrected chi connectivity index (χ0v) is 9.87. The van der Waals surface area contributed by atoms with E-state index in [1.165, 1.54) is 9.42 Å². The number of carbonyl (C=O) groups excluding carboxylic acids is 3. The predicted octanol–water partition coefficient (Wildman–Crippen LogP) is 0.593. The zero-order valence-electron chi connectivity index (χ0n) is 9.87. The van der Waals surface area contributed by atoms with Crippen molar-refractivity contribution in [3.8, 4) is 0 Å². The van der Waals surface area contributed by atoms with Gasteiger partial charge in [0, 0.05) is 18.5 Å². The molecule has 1 aliphatic heterocycles. The summed E-state index contributed by atoms with van der Waals surface area (Å²) in [7, 11) is 0. The number of rotatable bonds is 2. The maximum atomic E-state index is 11.8. The Bertz CT molecular complexity index is 691. The summed E-state index contributed by atoms with van der Waals surface area (Å²) in [6.45, 7) is 0.287. The molecule has 2 aromatic heterocycles. The number of fused-ring (bicyclic) bond motifs is 1. The Kier molecular flexibility index (Phi) is 2.52. The number of nitrogens with zero attached hydrogens (tertiary/aromatic N) is 3. The van der Waals surface area contributed by atoms with E-state index < -0.39 is 6.03 Å². The normalized spacial score (nSPS) is 15.7. The van der Waals surface area contributed by atoms with E-state index in [9.17, 15) is 14.4 Å². The molecular formula is C12H10N4O3. The second kappa shape index (κ2) is 4.20. The van der Waals surface area contributed by atoms with Crippen LogP contribution in [0.5, 0.6) is 0 Å². The molecule has 1 saturated heterocycles.